The number of halogens is 1. The molecule has 200 valence electrons. The molecule has 2 atom stereocenters. The van der Waals surface area contributed by atoms with Gasteiger partial charge in [0.2, 0.25) is 5.91 Å². The van der Waals surface area contributed by atoms with Gasteiger partial charge in [0.05, 0.1) is 24.2 Å². The van der Waals surface area contributed by atoms with Crippen LogP contribution < -0.4 is 10.1 Å². The van der Waals surface area contributed by atoms with Gasteiger partial charge in [-0.05, 0) is 30.2 Å². The first kappa shape index (κ1) is 27.8. The predicted molar refractivity (Wildman–Crippen MR) is 143 cm³/mol. The van der Waals surface area contributed by atoms with Crippen molar-refractivity contribution in [1.82, 2.24) is 15.1 Å². The summed E-state index contributed by atoms with van der Waals surface area (Å²) in [5.41, 5.74) is -1.88. The molecule has 2 aromatic carbocycles. The molecule has 0 saturated carbocycles. The third kappa shape index (κ3) is 5.21. The van der Waals surface area contributed by atoms with Crippen LogP contribution in [0.3, 0.4) is 0 Å². The number of morpholine rings is 1. The van der Waals surface area contributed by atoms with Gasteiger partial charge in [0.25, 0.3) is 5.91 Å². The number of likely N-dealkylation sites (N-methyl/N-ethyl adjacent to an activating group) is 1. The summed E-state index contributed by atoms with van der Waals surface area (Å²) < 4.78 is 26.3. The Hall–Kier alpha value is -3.21. The molecule has 12 heteroatoms. The molecule has 0 spiro atoms. The van der Waals surface area contributed by atoms with Gasteiger partial charge < -0.3 is 29.6 Å². The summed E-state index contributed by atoms with van der Waals surface area (Å²) in [5.74, 6) is -1.28. The summed E-state index contributed by atoms with van der Waals surface area (Å²) in [6, 6.07) is 9.77. The third-order valence-corrected chi connectivity index (χ3v) is 7.34. The molecule has 0 aliphatic carbocycles. The zero-order valence-electron chi connectivity index (χ0n) is 22.0. The maximum absolute atomic E-state index is 15.0. The molecule has 38 heavy (non-hydrogen) atoms. The first-order valence-corrected chi connectivity index (χ1v) is 12.7. The average molecular weight is 523 g/mol. The van der Waals surface area contributed by atoms with E-state index in [9.17, 15) is 23.9 Å². The lowest BCUT2D eigenvalue weighted by Gasteiger charge is -2.44. The lowest BCUT2D eigenvalue weighted by atomic mass is 9.68. The zero-order chi connectivity index (χ0) is 27.5. The van der Waals surface area contributed by atoms with Gasteiger partial charge in [-0.3, -0.25) is 14.5 Å². The number of nitrogens with zero attached hydrogens (tertiary/aromatic N) is 2. The third-order valence-electron chi connectivity index (χ3n) is 7.34. The molecule has 2 aliphatic heterocycles. The highest BCUT2D eigenvalue weighted by atomic mass is 19.1. The highest BCUT2D eigenvalue weighted by Gasteiger charge is 2.56. The number of amides is 2. The van der Waals surface area contributed by atoms with Gasteiger partial charge in [0, 0.05) is 44.2 Å². The maximum Gasteiger partial charge on any atom is 0.256 e. The van der Waals surface area contributed by atoms with Crippen LogP contribution in [-0.4, -0.2) is 87.5 Å². The minimum Gasteiger partial charge on any atom is -0.488 e. The lowest BCUT2D eigenvalue weighted by molar-refractivity contribution is -0.135. The van der Waals surface area contributed by atoms with Crippen LogP contribution in [-0.2, 0) is 33.1 Å². The normalized spacial score (nSPS) is 21.0. The molecule has 0 aromatic heterocycles. The van der Waals surface area contributed by atoms with Crippen molar-refractivity contribution >= 4 is 33.8 Å². The largest absolute Gasteiger partial charge is 0.488 e. The second-order valence-electron chi connectivity index (χ2n) is 10.0. The van der Waals surface area contributed by atoms with E-state index in [0.29, 0.717) is 31.6 Å². The van der Waals surface area contributed by atoms with Crippen LogP contribution >= 0.6 is 0 Å². The Morgan fingerprint density at radius 2 is 2.05 bits per heavy atom. The number of hydrogen-bond donors (Lipinski definition) is 2. The number of carbonyl (C=O) groups is 3. The summed E-state index contributed by atoms with van der Waals surface area (Å²) in [6.07, 6.45) is 0.702. The van der Waals surface area contributed by atoms with Gasteiger partial charge in [0.15, 0.2) is 7.85 Å². The molecule has 2 heterocycles. The first-order valence-electron chi connectivity index (χ1n) is 12.7. The Kier molecular flexibility index (Phi) is 8.25. The van der Waals surface area contributed by atoms with Gasteiger partial charge in [-0.2, -0.15) is 0 Å². The van der Waals surface area contributed by atoms with Crippen molar-refractivity contribution in [2.24, 2.45) is 0 Å². The van der Waals surface area contributed by atoms with Crippen molar-refractivity contribution < 1.29 is 33.4 Å². The molecule has 2 N–H and O–H groups in total. The number of aldehydes is 1. The second kappa shape index (κ2) is 11.3. The minimum absolute atomic E-state index is 0.0181. The summed E-state index contributed by atoms with van der Waals surface area (Å²) in [4.78, 5) is 40.8. The van der Waals surface area contributed by atoms with Crippen molar-refractivity contribution in [2.45, 2.75) is 37.1 Å². The first-order chi connectivity index (χ1) is 18.1. The Morgan fingerprint density at radius 3 is 2.71 bits per heavy atom. The molecule has 4 rings (SSSR count). The van der Waals surface area contributed by atoms with E-state index in [1.807, 2.05) is 6.07 Å². The fourth-order valence-corrected chi connectivity index (χ4v) is 5.37. The van der Waals surface area contributed by atoms with Gasteiger partial charge in [0.1, 0.15) is 37.9 Å². The fourth-order valence-electron chi connectivity index (χ4n) is 5.37. The molecule has 2 aromatic rings. The number of nitrogens with one attached hydrogen (secondary N) is 1. The topological polar surface area (TPSA) is 108 Å². The van der Waals surface area contributed by atoms with E-state index in [2.05, 4.69) is 10.2 Å². The van der Waals surface area contributed by atoms with Gasteiger partial charge >= 0.3 is 0 Å². The fraction of sp³-hybridized carbons (Fsp3) is 0.423. The minimum atomic E-state index is -1.92. The van der Waals surface area contributed by atoms with Gasteiger partial charge in [-0.25, -0.2) is 4.39 Å². The van der Waals surface area contributed by atoms with E-state index in [1.54, 1.807) is 24.3 Å². The van der Waals surface area contributed by atoms with Crippen LogP contribution in [0.5, 0.6) is 5.75 Å². The highest BCUT2D eigenvalue weighted by Crippen LogP contribution is 2.45. The molecule has 2 aliphatic rings. The zero-order valence-corrected chi connectivity index (χ0v) is 22.0. The molecular weight excluding hydrogens is 491 g/mol. The van der Waals surface area contributed by atoms with Crippen molar-refractivity contribution in [1.29, 1.82) is 0 Å². The van der Waals surface area contributed by atoms with Crippen LogP contribution in [0, 0.1) is 5.82 Å². The van der Waals surface area contributed by atoms with Crippen molar-refractivity contribution in [3.63, 3.8) is 0 Å². The maximum atomic E-state index is 15.0. The van der Waals surface area contributed by atoms with E-state index in [4.69, 9.17) is 9.47 Å². The molecule has 2 unspecified atom stereocenters. The second-order valence-corrected chi connectivity index (χ2v) is 10.0. The number of rotatable bonds is 10. The van der Waals surface area contributed by atoms with Crippen molar-refractivity contribution in [3.8, 4) is 5.75 Å². The number of fused-ring (bicyclic) bond motifs is 1. The van der Waals surface area contributed by atoms with E-state index in [1.165, 1.54) is 28.8 Å². The molecule has 0 radical (unpaired) electrons. The van der Waals surface area contributed by atoms with Gasteiger partial charge in [-0.15, -0.1) is 0 Å². The van der Waals surface area contributed by atoms with E-state index in [-0.39, 0.29) is 36.3 Å². The van der Waals surface area contributed by atoms with E-state index < -0.39 is 28.7 Å². The molecule has 1 saturated heterocycles. The Labute approximate surface area is 223 Å². The molecular formula is C26H32B2FN3O6. The van der Waals surface area contributed by atoms with E-state index in [0.717, 1.165) is 23.6 Å². The average Bonchev–Trinajstić information content (AvgIpc) is 3.12. The van der Waals surface area contributed by atoms with Crippen molar-refractivity contribution in [3.05, 3.63) is 64.5 Å². The Bertz CT molecular complexity index is 1220. The molecule has 2 amide bonds. The van der Waals surface area contributed by atoms with Crippen LogP contribution in [0.4, 0.5) is 4.39 Å². The molecule has 9 nitrogen and oxygen atoms in total. The number of carbonyl (C=O) groups excluding carboxylic acids is 3. The monoisotopic (exact) mass is 523 g/mol. The van der Waals surface area contributed by atoms with Crippen LogP contribution in [0.1, 0.15) is 39.9 Å². The smallest absolute Gasteiger partial charge is 0.256 e. The van der Waals surface area contributed by atoms with Crippen LogP contribution in [0.25, 0.3) is 0 Å². The van der Waals surface area contributed by atoms with Crippen LogP contribution in [0.2, 0.25) is 0 Å². The number of aliphatic hydroxyl groups is 1. The predicted octanol–water partition coefficient (Wildman–Crippen LogP) is -0.517. The summed E-state index contributed by atoms with van der Waals surface area (Å²) in [6.45, 7) is 3.44. The van der Waals surface area contributed by atoms with Crippen molar-refractivity contribution in [2.75, 3.05) is 33.4 Å². The quantitative estimate of drug-likeness (QED) is 0.319. The summed E-state index contributed by atoms with van der Waals surface area (Å²) in [5, 5.41) is 14.2. The van der Waals surface area contributed by atoms with E-state index >= 15 is 0 Å². The van der Waals surface area contributed by atoms with Gasteiger partial charge in [-0.1, -0.05) is 18.2 Å². The Morgan fingerprint density at radius 1 is 1.32 bits per heavy atom. The number of hydrogen-bond acceptors (Lipinski definition) is 7. The number of ether oxygens (including phenoxy) is 2. The Balaban J connectivity index is 1.57. The molecule has 1 fully saturated rings. The summed E-state index contributed by atoms with van der Waals surface area (Å²) >= 11 is 0. The number of benzene rings is 2. The van der Waals surface area contributed by atoms with Crippen LogP contribution in [0.15, 0.2) is 36.4 Å². The highest BCUT2D eigenvalue weighted by molar-refractivity contribution is 6.32. The summed E-state index contributed by atoms with van der Waals surface area (Å²) in [7, 11) is 4.36. The SMILES string of the molecule is BC(CCC=O)(C(=O)NC)N1C(=O)c2cccc(OCc3ccc(CN4CCOCC4)cc3F)c2C1(B)O. The molecule has 0 bridgehead atoms. The lowest BCUT2D eigenvalue weighted by Crippen LogP contribution is -2.65. The standard InChI is InChI=1S/C26H32B2FN3O6/c1-30-24(35)25(27,8-3-11-33)32-23(34)19-4-2-5-21(22(19)26(32,28)36)38-16-18-7-6-17(14-20(18)29)15-31-9-12-37-13-10-31/h2,4-7,11,14,36H,3,8-10,12-13,15-16,27-28H2,1H3,(H,30,35).